The first kappa shape index (κ1) is 17.3. The van der Waals surface area contributed by atoms with Crippen molar-refractivity contribution in [3.63, 3.8) is 0 Å². The summed E-state index contributed by atoms with van der Waals surface area (Å²) in [5.74, 6) is 1.10. The minimum Gasteiger partial charge on any atom is -0.490 e. The Morgan fingerprint density at radius 1 is 1.00 bits per heavy atom. The number of hydrogen-bond donors (Lipinski definition) is 1. The minimum absolute atomic E-state index is 0.172. The Morgan fingerprint density at radius 3 is 2.43 bits per heavy atom. The van der Waals surface area contributed by atoms with Gasteiger partial charge in [-0.3, -0.25) is 0 Å². The molecular formula is C19H24FNO2. The molecule has 0 heterocycles. The number of hydrogen-bond acceptors (Lipinski definition) is 3. The van der Waals surface area contributed by atoms with Gasteiger partial charge in [0.1, 0.15) is 12.4 Å². The molecule has 0 unspecified atom stereocenters. The van der Waals surface area contributed by atoms with Crippen molar-refractivity contribution in [3.05, 3.63) is 59.4 Å². The lowest BCUT2D eigenvalue weighted by molar-refractivity contribution is 0.262. The highest BCUT2D eigenvalue weighted by molar-refractivity contribution is 5.46. The molecule has 124 valence electrons. The summed E-state index contributed by atoms with van der Waals surface area (Å²) in [6.07, 6.45) is 0. The van der Waals surface area contributed by atoms with Gasteiger partial charge in [-0.25, -0.2) is 4.39 Å². The fraction of sp³-hybridized carbons (Fsp3) is 0.368. The van der Waals surface area contributed by atoms with Crippen molar-refractivity contribution in [3.8, 4) is 11.5 Å². The molecular weight excluding hydrogens is 293 g/mol. The topological polar surface area (TPSA) is 30.5 Å². The lowest BCUT2D eigenvalue weighted by atomic mass is 10.1. The molecule has 0 spiro atoms. The highest BCUT2D eigenvalue weighted by atomic mass is 19.1. The number of ether oxygens (including phenoxy) is 2. The van der Waals surface area contributed by atoms with E-state index < -0.39 is 0 Å². The largest absolute Gasteiger partial charge is 0.490 e. The quantitative estimate of drug-likeness (QED) is 0.787. The van der Waals surface area contributed by atoms with Gasteiger partial charge in [-0.15, -0.1) is 0 Å². The molecule has 3 nitrogen and oxygen atoms in total. The maximum atomic E-state index is 13.8. The average molecular weight is 317 g/mol. The first-order chi connectivity index (χ1) is 11.1. The third-order valence-corrected chi connectivity index (χ3v) is 3.39. The van der Waals surface area contributed by atoms with Crippen molar-refractivity contribution in [2.75, 3.05) is 6.61 Å². The van der Waals surface area contributed by atoms with Crippen LogP contribution in [0.5, 0.6) is 11.5 Å². The van der Waals surface area contributed by atoms with E-state index in [1.165, 1.54) is 6.07 Å². The van der Waals surface area contributed by atoms with Crippen molar-refractivity contribution in [1.29, 1.82) is 0 Å². The Balaban J connectivity index is 2.21. The van der Waals surface area contributed by atoms with Gasteiger partial charge in [-0.2, -0.15) is 0 Å². The average Bonchev–Trinajstić information content (AvgIpc) is 2.53. The fourth-order valence-corrected chi connectivity index (χ4v) is 2.21. The molecule has 4 heteroatoms. The maximum Gasteiger partial charge on any atom is 0.166 e. The zero-order valence-electron chi connectivity index (χ0n) is 13.9. The second kappa shape index (κ2) is 8.53. The number of benzene rings is 2. The van der Waals surface area contributed by atoms with Crippen LogP contribution >= 0.6 is 0 Å². The van der Waals surface area contributed by atoms with Crippen molar-refractivity contribution in [2.45, 2.75) is 40.0 Å². The van der Waals surface area contributed by atoms with Crippen LogP contribution in [-0.2, 0) is 13.2 Å². The molecule has 0 bridgehead atoms. The van der Waals surface area contributed by atoms with Crippen molar-refractivity contribution >= 4 is 0 Å². The molecule has 2 aromatic rings. The molecule has 2 rings (SSSR count). The van der Waals surface area contributed by atoms with Gasteiger partial charge >= 0.3 is 0 Å². The summed E-state index contributed by atoms with van der Waals surface area (Å²) in [4.78, 5) is 0. The predicted octanol–water partition coefficient (Wildman–Crippen LogP) is 4.30. The third-order valence-electron chi connectivity index (χ3n) is 3.39. The molecule has 0 aliphatic carbocycles. The molecule has 0 aliphatic heterocycles. The molecule has 0 aliphatic rings. The Morgan fingerprint density at radius 2 is 1.74 bits per heavy atom. The SMILES string of the molecule is CCOc1cccc(CNC(C)C)c1OCc1ccccc1F. The second-order valence-corrected chi connectivity index (χ2v) is 5.59. The second-order valence-electron chi connectivity index (χ2n) is 5.59. The van der Waals surface area contributed by atoms with E-state index in [0.717, 1.165) is 5.56 Å². The van der Waals surface area contributed by atoms with Crippen LogP contribution < -0.4 is 14.8 Å². The number of rotatable bonds is 8. The smallest absolute Gasteiger partial charge is 0.166 e. The van der Waals surface area contributed by atoms with E-state index in [9.17, 15) is 4.39 Å². The summed E-state index contributed by atoms with van der Waals surface area (Å²) in [6.45, 7) is 7.51. The van der Waals surface area contributed by atoms with E-state index in [0.29, 0.717) is 36.3 Å². The summed E-state index contributed by atoms with van der Waals surface area (Å²) < 4.78 is 25.3. The van der Waals surface area contributed by atoms with Gasteiger partial charge in [0, 0.05) is 23.7 Å². The maximum absolute atomic E-state index is 13.8. The first-order valence-corrected chi connectivity index (χ1v) is 7.96. The fourth-order valence-electron chi connectivity index (χ4n) is 2.21. The van der Waals surface area contributed by atoms with Gasteiger partial charge in [0.15, 0.2) is 11.5 Å². The number of para-hydroxylation sites is 1. The van der Waals surface area contributed by atoms with E-state index in [1.807, 2.05) is 25.1 Å². The van der Waals surface area contributed by atoms with Crippen molar-refractivity contribution in [2.24, 2.45) is 0 Å². The summed E-state index contributed by atoms with van der Waals surface area (Å²) in [5, 5.41) is 3.37. The molecule has 0 amide bonds. The summed E-state index contributed by atoms with van der Waals surface area (Å²) in [6, 6.07) is 12.8. The van der Waals surface area contributed by atoms with Gasteiger partial charge in [0.05, 0.1) is 6.61 Å². The number of nitrogens with one attached hydrogen (secondary N) is 1. The minimum atomic E-state index is -0.261. The lowest BCUT2D eigenvalue weighted by Crippen LogP contribution is -2.22. The van der Waals surface area contributed by atoms with Gasteiger partial charge in [0.25, 0.3) is 0 Å². The van der Waals surface area contributed by atoms with Gasteiger partial charge in [-0.05, 0) is 19.1 Å². The van der Waals surface area contributed by atoms with E-state index in [2.05, 4.69) is 19.2 Å². The molecule has 0 aromatic heterocycles. The normalized spacial score (nSPS) is 10.8. The van der Waals surface area contributed by atoms with E-state index >= 15 is 0 Å². The van der Waals surface area contributed by atoms with Crippen molar-refractivity contribution < 1.29 is 13.9 Å². The monoisotopic (exact) mass is 317 g/mol. The van der Waals surface area contributed by atoms with Gasteiger partial charge in [0.2, 0.25) is 0 Å². The van der Waals surface area contributed by atoms with Gasteiger partial charge in [-0.1, -0.05) is 44.2 Å². The molecule has 0 atom stereocenters. The van der Waals surface area contributed by atoms with Crippen molar-refractivity contribution in [1.82, 2.24) is 5.32 Å². The zero-order valence-corrected chi connectivity index (χ0v) is 13.9. The summed E-state index contributed by atoms with van der Waals surface area (Å²) >= 11 is 0. The first-order valence-electron chi connectivity index (χ1n) is 7.96. The molecule has 0 saturated heterocycles. The predicted molar refractivity (Wildman–Crippen MR) is 90.3 cm³/mol. The van der Waals surface area contributed by atoms with Crippen LogP contribution in [0.15, 0.2) is 42.5 Å². The highest BCUT2D eigenvalue weighted by Gasteiger charge is 2.12. The molecule has 23 heavy (non-hydrogen) atoms. The molecule has 2 aromatic carbocycles. The Hall–Kier alpha value is -2.07. The molecule has 0 saturated carbocycles. The van der Waals surface area contributed by atoms with Crippen LogP contribution in [0, 0.1) is 5.82 Å². The Kier molecular flexibility index (Phi) is 6.41. The van der Waals surface area contributed by atoms with Crippen LogP contribution in [0.2, 0.25) is 0 Å². The van der Waals surface area contributed by atoms with Crippen LogP contribution in [0.1, 0.15) is 31.9 Å². The van der Waals surface area contributed by atoms with E-state index in [1.54, 1.807) is 18.2 Å². The summed E-state index contributed by atoms with van der Waals surface area (Å²) in [5.41, 5.74) is 1.53. The van der Waals surface area contributed by atoms with Crippen LogP contribution in [0.25, 0.3) is 0 Å². The molecule has 1 N–H and O–H groups in total. The van der Waals surface area contributed by atoms with Crippen LogP contribution in [0.4, 0.5) is 4.39 Å². The summed E-state index contributed by atoms with van der Waals surface area (Å²) in [7, 11) is 0. The van der Waals surface area contributed by atoms with Gasteiger partial charge < -0.3 is 14.8 Å². The standard InChI is InChI=1S/C19H24FNO2/c1-4-22-18-11-7-9-15(12-21-14(2)3)19(18)23-13-16-8-5-6-10-17(16)20/h5-11,14,21H,4,12-13H2,1-3H3. The highest BCUT2D eigenvalue weighted by Crippen LogP contribution is 2.32. The molecule has 0 radical (unpaired) electrons. The Bertz CT molecular complexity index is 629. The Labute approximate surface area is 137 Å². The molecule has 0 fully saturated rings. The zero-order chi connectivity index (χ0) is 16.7. The van der Waals surface area contributed by atoms with Crippen LogP contribution in [-0.4, -0.2) is 12.6 Å². The lowest BCUT2D eigenvalue weighted by Gasteiger charge is -2.17. The van der Waals surface area contributed by atoms with E-state index in [-0.39, 0.29) is 12.4 Å². The third kappa shape index (κ3) is 4.96. The van der Waals surface area contributed by atoms with Crippen LogP contribution in [0.3, 0.4) is 0 Å². The van der Waals surface area contributed by atoms with E-state index in [4.69, 9.17) is 9.47 Å². The number of halogens is 1.